The second-order valence-electron chi connectivity index (χ2n) is 6.75. The molecule has 5 heteroatoms. The Balaban J connectivity index is 1.78. The minimum absolute atomic E-state index is 0.470. The quantitative estimate of drug-likeness (QED) is 0.891. The van der Waals surface area contributed by atoms with Gasteiger partial charge in [0, 0.05) is 37.8 Å². The molecule has 1 aromatic carbocycles. The molecule has 2 aliphatic heterocycles. The van der Waals surface area contributed by atoms with E-state index in [1.54, 1.807) is 7.11 Å². The molecule has 23 heavy (non-hydrogen) atoms. The van der Waals surface area contributed by atoms with Gasteiger partial charge in [-0.3, -0.25) is 9.80 Å². The molecule has 0 aromatic heterocycles. The largest absolute Gasteiger partial charge is 0.496 e. The predicted molar refractivity (Wildman–Crippen MR) is 91.6 cm³/mol. The summed E-state index contributed by atoms with van der Waals surface area (Å²) in [6.07, 6.45) is 1.15. The molecule has 2 unspecified atom stereocenters. The summed E-state index contributed by atoms with van der Waals surface area (Å²) in [4.78, 5) is 4.87. The van der Waals surface area contributed by atoms with Crippen molar-refractivity contribution in [1.29, 1.82) is 0 Å². The van der Waals surface area contributed by atoms with Gasteiger partial charge in [0.25, 0.3) is 0 Å². The number of nitrogens with two attached hydrogens (primary N) is 1. The van der Waals surface area contributed by atoms with Gasteiger partial charge >= 0.3 is 0 Å². The summed E-state index contributed by atoms with van der Waals surface area (Å²) < 4.78 is 11.0. The molecular formula is C18H29N3O2. The van der Waals surface area contributed by atoms with Crippen LogP contribution in [0.25, 0.3) is 0 Å². The van der Waals surface area contributed by atoms with E-state index >= 15 is 0 Å². The van der Waals surface area contributed by atoms with Gasteiger partial charge in [-0.05, 0) is 43.6 Å². The maximum absolute atomic E-state index is 5.87. The van der Waals surface area contributed by atoms with Crippen molar-refractivity contribution in [3.63, 3.8) is 0 Å². The van der Waals surface area contributed by atoms with Crippen molar-refractivity contribution in [3.8, 4) is 5.75 Å². The average molecular weight is 319 g/mol. The van der Waals surface area contributed by atoms with E-state index in [1.807, 2.05) is 0 Å². The van der Waals surface area contributed by atoms with E-state index in [0.29, 0.717) is 12.0 Å². The number of likely N-dealkylation sites (tertiary alicyclic amines) is 1. The molecule has 0 aliphatic carbocycles. The molecule has 2 N–H and O–H groups in total. The molecule has 0 amide bonds. The smallest absolute Gasteiger partial charge is 0.123 e. The molecule has 0 bridgehead atoms. The molecule has 0 spiro atoms. The Hall–Kier alpha value is -1.14. The molecule has 2 atom stereocenters. The molecular weight excluding hydrogens is 290 g/mol. The highest BCUT2D eigenvalue weighted by atomic mass is 16.5. The highest BCUT2D eigenvalue weighted by Gasteiger charge is 2.30. The highest BCUT2D eigenvalue weighted by Crippen LogP contribution is 2.35. The minimum Gasteiger partial charge on any atom is -0.496 e. The van der Waals surface area contributed by atoms with Gasteiger partial charge in [0.05, 0.1) is 20.3 Å². The Kier molecular flexibility index (Phi) is 5.54. The molecule has 2 saturated heterocycles. The summed E-state index contributed by atoms with van der Waals surface area (Å²) in [6.45, 7) is 6.43. The van der Waals surface area contributed by atoms with Crippen molar-refractivity contribution in [2.24, 2.45) is 11.7 Å². The number of methoxy groups -OCH3 is 1. The summed E-state index contributed by atoms with van der Waals surface area (Å²) in [5.74, 6) is 1.59. The van der Waals surface area contributed by atoms with Crippen LogP contribution in [0.5, 0.6) is 5.75 Å². The maximum Gasteiger partial charge on any atom is 0.123 e. The van der Waals surface area contributed by atoms with Crippen molar-refractivity contribution in [2.75, 3.05) is 53.6 Å². The summed E-state index contributed by atoms with van der Waals surface area (Å²) in [5, 5.41) is 0. The third kappa shape index (κ3) is 3.86. The van der Waals surface area contributed by atoms with E-state index in [4.69, 9.17) is 15.2 Å². The molecule has 2 heterocycles. The van der Waals surface area contributed by atoms with Gasteiger partial charge in [-0.2, -0.15) is 0 Å². The van der Waals surface area contributed by atoms with Crippen molar-refractivity contribution in [2.45, 2.75) is 19.0 Å². The zero-order valence-corrected chi connectivity index (χ0v) is 14.3. The first kappa shape index (κ1) is 16.7. The average Bonchev–Trinajstić information content (AvgIpc) is 2.97. The van der Waals surface area contributed by atoms with Gasteiger partial charge in [-0.25, -0.2) is 0 Å². The van der Waals surface area contributed by atoms with Crippen LogP contribution < -0.4 is 10.5 Å². The third-order valence-corrected chi connectivity index (χ3v) is 5.16. The number of ether oxygens (including phenoxy) is 2. The Morgan fingerprint density at radius 3 is 2.74 bits per heavy atom. The molecule has 1 aromatic rings. The van der Waals surface area contributed by atoms with Crippen LogP contribution in [0.4, 0.5) is 0 Å². The lowest BCUT2D eigenvalue weighted by molar-refractivity contribution is 0.0338. The first-order valence-corrected chi connectivity index (χ1v) is 8.58. The Morgan fingerprint density at radius 1 is 1.30 bits per heavy atom. The molecule has 0 saturated carbocycles. The van der Waals surface area contributed by atoms with Crippen molar-refractivity contribution >= 4 is 0 Å². The third-order valence-electron chi connectivity index (χ3n) is 5.16. The Morgan fingerprint density at radius 2 is 2.09 bits per heavy atom. The molecule has 3 rings (SSSR count). The fraction of sp³-hybridized carbons (Fsp3) is 0.667. The Labute approximate surface area is 139 Å². The van der Waals surface area contributed by atoms with E-state index in [0.717, 1.165) is 58.1 Å². The molecule has 5 nitrogen and oxygen atoms in total. The lowest BCUT2D eigenvalue weighted by Crippen LogP contribution is -2.35. The topological polar surface area (TPSA) is 51.0 Å². The molecule has 0 radical (unpaired) electrons. The standard InChI is InChI=1S/C18H29N3O2/c1-20-12-14(11-19)9-17(20)15-3-4-18(22-2)16(10-15)13-21-5-7-23-8-6-21/h3-4,10,14,17H,5-9,11-13,19H2,1-2H3. The number of rotatable bonds is 5. The fourth-order valence-corrected chi connectivity index (χ4v) is 3.80. The zero-order valence-electron chi connectivity index (χ0n) is 14.3. The lowest BCUT2D eigenvalue weighted by atomic mass is 9.97. The van der Waals surface area contributed by atoms with E-state index in [9.17, 15) is 0 Å². The van der Waals surface area contributed by atoms with Crippen LogP contribution in [0.1, 0.15) is 23.6 Å². The van der Waals surface area contributed by atoms with Crippen LogP contribution in [-0.4, -0.2) is 63.4 Å². The van der Waals surface area contributed by atoms with Crippen LogP contribution in [0.15, 0.2) is 18.2 Å². The van der Waals surface area contributed by atoms with Crippen molar-refractivity contribution in [1.82, 2.24) is 9.80 Å². The van der Waals surface area contributed by atoms with Crippen LogP contribution in [0, 0.1) is 5.92 Å². The van der Waals surface area contributed by atoms with Crippen LogP contribution in [0.2, 0.25) is 0 Å². The van der Waals surface area contributed by atoms with Gasteiger partial charge in [-0.1, -0.05) is 6.07 Å². The minimum atomic E-state index is 0.470. The number of benzene rings is 1. The normalized spacial score (nSPS) is 26.6. The molecule has 2 aliphatic rings. The van der Waals surface area contributed by atoms with Crippen LogP contribution in [-0.2, 0) is 11.3 Å². The van der Waals surface area contributed by atoms with Crippen molar-refractivity contribution in [3.05, 3.63) is 29.3 Å². The summed E-state index contributed by atoms with van der Waals surface area (Å²) in [7, 11) is 3.95. The monoisotopic (exact) mass is 319 g/mol. The van der Waals surface area contributed by atoms with E-state index < -0.39 is 0 Å². The number of morpholine rings is 1. The van der Waals surface area contributed by atoms with E-state index in [2.05, 4.69) is 35.0 Å². The van der Waals surface area contributed by atoms with Gasteiger partial charge in [0.15, 0.2) is 0 Å². The lowest BCUT2D eigenvalue weighted by Gasteiger charge is -2.28. The number of hydrogen-bond donors (Lipinski definition) is 1. The summed E-state index contributed by atoms with van der Waals surface area (Å²) in [6, 6.07) is 7.13. The first-order chi connectivity index (χ1) is 11.2. The fourth-order valence-electron chi connectivity index (χ4n) is 3.80. The maximum atomic E-state index is 5.87. The highest BCUT2D eigenvalue weighted by molar-refractivity contribution is 5.39. The predicted octanol–water partition coefficient (Wildman–Crippen LogP) is 1.48. The zero-order chi connectivity index (χ0) is 16.2. The Bertz CT molecular complexity index is 517. The second kappa shape index (κ2) is 7.62. The van der Waals surface area contributed by atoms with E-state index in [1.165, 1.54) is 11.1 Å². The van der Waals surface area contributed by atoms with Gasteiger partial charge < -0.3 is 15.2 Å². The summed E-state index contributed by atoms with van der Waals surface area (Å²) in [5.41, 5.74) is 8.53. The molecule has 2 fully saturated rings. The van der Waals surface area contributed by atoms with Gasteiger partial charge in [0.2, 0.25) is 0 Å². The first-order valence-electron chi connectivity index (χ1n) is 8.58. The SMILES string of the molecule is COc1ccc(C2CC(CN)CN2C)cc1CN1CCOCC1. The second-order valence-corrected chi connectivity index (χ2v) is 6.75. The summed E-state index contributed by atoms with van der Waals surface area (Å²) >= 11 is 0. The molecule has 128 valence electrons. The van der Waals surface area contributed by atoms with Gasteiger partial charge in [0.1, 0.15) is 5.75 Å². The number of nitrogens with zero attached hydrogens (tertiary/aromatic N) is 2. The van der Waals surface area contributed by atoms with E-state index in [-0.39, 0.29) is 0 Å². The van der Waals surface area contributed by atoms with Gasteiger partial charge in [-0.15, -0.1) is 0 Å². The number of hydrogen-bond acceptors (Lipinski definition) is 5. The van der Waals surface area contributed by atoms with Crippen LogP contribution in [0.3, 0.4) is 0 Å². The van der Waals surface area contributed by atoms with Crippen molar-refractivity contribution < 1.29 is 9.47 Å². The van der Waals surface area contributed by atoms with Crippen LogP contribution >= 0.6 is 0 Å².